The van der Waals surface area contributed by atoms with Gasteiger partial charge in [0.2, 0.25) is 0 Å². The Hall–Kier alpha value is -0.200. The van der Waals surface area contributed by atoms with Gasteiger partial charge in [0.1, 0.15) is 0 Å². The van der Waals surface area contributed by atoms with Crippen LogP contribution in [0.3, 0.4) is 0 Å². The first-order chi connectivity index (χ1) is 11.7. The Morgan fingerprint density at radius 3 is 1.54 bits per heavy atom. The number of fused-ring (bicyclic) bond motifs is 3. The lowest BCUT2D eigenvalue weighted by molar-refractivity contribution is 0.271. The molecule has 2 unspecified atom stereocenters. The lowest BCUT2D eigenvalue weighted by Crippen LogP contribution is -2.54. The molecule has 5 heteroatoms. The van der Waals surface area contributed by atoms with E-state index in [2.05, 4.69) is 40.4 Å². The lowest BCUT2D eigenvalue weighted by atomic mass is 9.90. The van der Waals surface area contributed by atoms with Gasteiger partial charge in [-0.2, -0.15) is 0 Å². The third kappa shape index (κ3) is 5.67. The minimum Gasteiger partial charge on any atom is -0.311 e. The van der Waals surface area contributed by atoms with Crippen molar-refractivity contribution < 1.29 is 0 Å². The molecule has 5 N–H and O–H groups in total. The van der Waals surface area contributed by atoms with E-state index in [4.69, 9.17) is 0 Å². The summed E-state index contributed by atoms with van der Waals surface area (Å²) >= 11 is 0. The molecule has 2 heterocycles. The average molecular weight is 338 g/mol. The number of piperidine rings is 1. The fraction of sp³-hybridized carbons (Fsp3) is 1.00. The predicted octanol–water partition coefficient (Wildman–Crippen LogP) is 0.957. The van der Waals surface area contributed by atoms with E-state index in [9.17, 15) is 0 Å². The molecule has 0 aromatic carbocycles. The van der Waals surface area contributed by atoms with Crippen molar-refractivity contribution in [2.24, 2.45) is 0 Å². The second-order valence-corrected chi connectivity index (χ2v) is 8.42. The van der Waals surface area contributed by atoms with Crippen molar-refractivity contribution in [3.63, 3.8) is 0 Å². The van der Waals surface area contributed by atoms with Crippen LogP contribution in [0.15, 0.2) is 0 Å². The summed E-state index contributed by atoms with van der Waals surface area (Å²) in [7, 11) is 0. The molecule has 6 atom stereocenters. The van der Waals surface area contributed by atoms with Gasteiger partial charge in [-0.3, -0.25) is 0 Å². The van der Waals surface area contributed by atoms with Crippen molar-refractivity contribution in [2.45, 2.75) is 95.0 Å². The minimum atomic E-state index is 0.539. The molecule has 0 spiro atoms. The van der Waals surface area contributed by atoms with E-state index in [1.165, 1.54) is 44.9 Å². The molecule has 0 aromatic heterocycles. The Morgan fingerprint density at radius 1 is 0.542 bits per heavy atom. The van der Waals surface area contributed by atoms with E-state index in [0.29, 0.717) is 36.3 Å². The molecule has 1 aliphatic carbocycles. The van der Waals surface area contributed by atoms with Gasteiger partial charge >= 0.3 is 0 Å². The first-order valence-corrected chi connectivity index (χ1v) is 10.4. The van der Waals surface area contributed by atoms with Crippen molar-refractivity contribution >= 4 is 0 Å². The third-order valence-electron chi connectivity index (χ3n) is 6.14. The molecule has 3 fully saturated rings. The van der Waals surface area contributed by atoms with Crippen LogP contribution in [0.5, 0.6) is 0 Å². The minimum absolute atomic E-state index is 0.539. The van der Waals surface area contributed by atoms with Gasteiger partial charge in [0.15, 0.2) is 0 Å². The summed E-state index contributed by atoms with van der Waals surface area (Å²) in [6.45, 7) is 8.99. The molecule has 2 saturated heterocycles. The molecule has 140 valence electrons. The van der Waals surface area contributed by atoms with Gasteiger partial charge in [-0.15, -0.1) is 0 Å². The van der Waals surface area contributed by atoms with Crippen LogP contribution < -0.4 is 26.6 Å². The first-order valence-electron chi connectivity index (χ1n) is 10.4. The van der Waals surface area contributed by atoms with Crippen LogP contribution in [0.1, 0.15) is 58.8 Å². The van der Waals surface area contributed by atoms with Gasteiger partial charge < -0.3 is 26.6 Å². The summed E-state index contributed by atoms with van der Waals surface area (Å²) in [5, 5.41) is 19.0. The largest absolute Gasteiger partial charge is 0.311 e. The van der Waals surface area contributed by atoms with Gasteiger partial charge in [-0.1, -0.05) is 19.3 Å². The summed E-state index contributed by atoms with van der Waals surface area (Å²) in [5.74, 6) is 0. The summed E-state index contributed by atoms with van der Waals surface area (Å²) in [6.07, 6.45) is 9.36. The molecule has 0 aromatic rings. The van der Waals surface area contributed by atoms with E-state index in [-0.39, 0.29) is 0 Å². The molecule has 0 radical (unpaired) electrons. The molecule has 3 rings (SSSR count). The highest BCUT2D eigenvalue weighted by atomic mass is 15.1. The first kappa shape index (κ1) is 18.6. The van der Waals surface area contributed by atoms with Crippen LogP contribution in [-0.2, 0) is 0 Å². The van der Waals surface area contributed by atoms with Gasteiger partial charge in [0, 0.05) is 62.4 Å². The molecular weight excluding hydrogens is 298 g/mol. The monoisotopic (exact) mass is 337 g/mol. The summed E-state index contributed by atoms with van der Waals surface area (Å²) in [6, 6.07) is 3.62. The molecule has 3 aliphatic rings. The van der Waals surface area contributed by atoms with E-state index in [1.807, 2.05) is 0 Å². The quantitative estimate of drug-likeness (QED) is 0.456. The van der Waals surface area contributed by atoms with E-state index < -0.39 is 0 Å². The van der Waals surface area contributed by atoms with Crippen LogP contribution in [0.25, 0.3) is 0 Å². The zero-order chi connectivity index (χ0) is 16.8. The molecular formula is C19H39N5. The van der Waals surface area contributed by atoms with Crippen molar-refractivity contribution in [1.29, 1.82) is 0 Å². The van der Waals surface area contributed by atoms with Crippen molar-refractivity contribution in [3.8, 4) is 0 Å². The second-order valence-electron chi connectivity index (χ2n) is 8.42. The third-order valence-corrected chi connectivity index (χ3v) is 6.14. The van der Waals surface area contributed by atoms with Crippen LogP contribution >= 0.6 is 0 Å². The molecule has 2 aliphatic heterocycles. The van der Waals surface area contributed by atoms with Crippen LogP contribution in [-0.4, -0.2) is 62.4 Å². The number of nitrogens with one attached hydrogen (secondary N) is 5. The fourth-order valence-corrected chi connectivity index (χ4v) is 4.54. The number of hydrogen-bond donors (Lipinski definition) is 5. The highest BCUT2D eigenvalue weighted by Crippen LogP contribution is 2.19. The summed E-state index contributed by atoms with van der Waals surface area (Å²) < 4.78 is 0. The highest BCUT2D eigenvalue weighted by molar-refractivity contribution is 4.90. The second kappa shape index (κ2) is 9.48. The standard InChI is InChI=1S/C19H39N5/c1-14-10-22-18-8-3-4-9-19(18)23-11-15(2)21-13-17-7-5-6-16(24-17)12-20-14/h14-24H,3-13H2,1-2H3/t14-,15+,16-,17-,18?,19?/m0/s1. The van der Waals surface area contributed by atoms with Crippen molar-refractivity contribution in [3.05, 3.63) is 0 Å². The lowest BCUT2D eigenvalue weighted by Gasteiger charge is -2.34. The highest BCUT2D eigenvalue weighted by Gasteiger charge is 2.26. The van der Waals surface area contributed by atoms with E-state index in [1.54, 1.807) is 0 Å². The van der Waals surface area contributed by atoms with Crippen LogP contribution in [0, 0.1) is 0 Å². The summed E-state index contributed by atoms with van der Waals surface area (Å²) in [4.78, 5) is 0. The molecule has 24 heavy (non-hydrogen) atoms. The Kier molecular flexibility index (Phi) is 7.35. The van der Waals surface area contributed by atoms with Crippen molar-refractivity contribution in [2.75, 3.05) is 26.2 Å². The normalized spacial score (nSPS) is 43.2. The Balaban J connectivity index is 1.59. The SMILES string of the molecule is C[C@@H]1CNC2CCCCC2NC[C@H](C)NC[C@@H]2CCC[C@@H](CN1)N2. The average Bonchev–Trinajstić information content (AvgIpc) is 2.62. The smallest absolute Gasteiger partial charge is 0.0221 e. The predicted molar refractivity (Wildman–Crippen MR) is 102 cm³/mol. The number of hydrogen-bond acceptors (Lipinski definition) is 5. The zero-order valence-electron chi connectivity index (χ0n) is 15.7. The van der Waals surface area contributed by atoms with Gasteiger partial charge in [-0.05, 0) is 39.5 Å². The van der Waals surface area contributed by atoms with Gasteiger partial charge in [0.05, 0.1) is 0 Å². The van der Waals surface area contributed by atoms with Crippen LogP contribution in [0.4, 0.5) is 0 Å². The molecule has 0 amide bonds. The Labute approximate surface area is 148 Å². The number of rotatable bonds is 0. The van der Waals surface area contributed by atoms with Crippen LogP contribution in [0.2, 0.25) is 0 Å². The van der Waals surface area contributed by atoms with Gasteiger partial charge in [0.25, 0.3) is 0 Å². The van der Waals surface area contributed by atoms with Gasteiger partial charge in [-0.25, -0.2) is 0 Å². The summed E-state index contributed by atoms with van der Waals surface area (Å²) in [5.41, 5.74) is 0. The molecule has 1 saturated carbocycles. The maximum atomic E-state index is 3.85. The molecule has 5 nitrogen and oxygen atoms in total. The van der Waals surface area contributed by atoms with Crippen molar-refractivity contribution in [1.82, 2.24) is 26.6 Å². The van der Waals surface area contributed by atoms with E-state index >= 15 is 0 Å². The van der Waals surface area contributed by atoms with E-state index in [0.717, 1.165) is 26.2 Å². The maximum Gasteiger partial charge on any atom is 0.0221 e. The zero-order valence-corrected chi connectivity index (χ0v) is 15.7. The topological polar surface area (TPSA) is 60.1 Å². The maximum absolute atomic E-state index is 3.85. The Morgan fingerprint density at radius 2 is 1.04 bits per heavy atom. The molecule has 2 bridgehead atoms. The fourth-order valence-electron chi connectivity index (χ4n) is 4.54. The Bertz CT molecular complexity index is 332.